The van der Waals surface area contributed by atoms with Crippen LogP contribution in [0.4, 0.5) is 0 Å². The Labute approximate surface area is 171 Å². The molecule has 0 aliphatic carbocycles. The van der Waals surface area contributed by atoms with Crippen molar-refractivity contribution in [2.24, 2.45) is 29.6 Å². The Hall–Kier alpha value is -1.91. The highest BCUT2D eigenvalue weighted by Crippen LogP contribution is 2.28. The summed E-state index contributed by atoms with van der Waals surface area (Å²) in [6.45, 7) is 18.5. The highest BCUT2D eigenvalue weighted by Gasteiger charge is 2.22. The summed E-state index contributed by atoms with van der Waals surface area (Å²) in [6, 6.07) is 0. The quantitative estimate of drug-likeness (QED) is 0.400. The normalized spacial score (nSPS) is 15.8. The van der Waals surface area contributed by atoms with Crippen LogP contribution in [0.2, 0.25) is 0 Å². The number of carbonyl (C=O) groups excluding carboxylic acids is 3. The van der Waals surface area contributed by atoms with E-state index in [1.807, 2.05) is 6.92 Å². The summed E-state index contributed by atoms with van der Waals surface area (Å²) in [4.78, 5) is 36.7. The van der Waals surface area contributed by atoms with E-state index < -0.39 is 0 Å². The first-order valence-corrected chi connectivity index (χ1v) is 10.3. The number of nitrogens with zero attached hydrogens (tertiary/aromatic N) is 1. The van der Waals surface area contributed by atoms with Gasteiger partial charge in [-0.3, -0.25) is 14.4 Å². The van der Waals surface area contributed by atoms with E-state index in [-0.39, 0.29) is 30.1 Å². The zero-order chi connectivity index (χ0) is 22.0. The molecule has 0 saturated heterocycles. The lowest BCUT2D eigenvalue weighted by atomic mass is 9.79. The van der Waals surface area contributed by atoms with Crippen molar-refractivity contribution in [2.45, 2.75) is 61.3 Å². The molecular formula is C23H40N2O3. The highest BCUT2D eigenvalue weighted by atomic mass is 16.2. The van der Waals surface area contributed by atoms with Crippen molar-refractivity contribution >= 4 is 17.6 Å². The first-order chi connectivity index (χ1) is 12.8. The Morgan fingerprint density at radius 3 is 1.96 bits per heavy atom. The van der Waals surface area contributed by atoms with Crippen molar-refractivity contribution in [3.8, 4) is 0 Å². The Kier molecular flexibility index (Phi) is 11.7. The minimum atomic E-state index is -0.305. The maximum atomic E-state index is 12.4. The zero-order valence-electron chi connectivity index (χ0n) is 19.0. The molecule has 0 aromatic heterocycles. The second kappa shape index (κ2) is 12.5. The summed E-state index contributed by atoms with van der Waals surface area (Å²) in [5, 5.41) is 2.76. The van der Waals surface area contributed by atoms with Crippen molar-refractivity contribution in [1.82, 2.24) is 10.2 Å². The fraction of sp³-hybridized carbons (Fsp3) is 0.696. The standard InChI is InChI=1S/C23H40N2O3/c1-15(2)16(3)12-17(4)18(5)13-19(6)23(28)24-20(7)10-11-22(27)25(9)14-21(8)26/h10-11,15-19H,7,12-14H2,1-6,8-9H3,(H,24,28)/b11-10+/t16?,17?,18-,19-/m0/s1. The van der Waals surface area contributed by atoms with Crippen LogP contribution < -0.4 is 5.32 Å². The number of ketones is 1. The molecule has 0 heterocycles. The smallest absolute Gasteiger partial charge is 0.246 e. The van der Waals surface area contributed by atoms with Gasteiger partial charge in [0.1, 0.15) is 5.78 Å². The predicted molar refractivity (Wildman–Crippen MR) is 115 cm³/mol. The molecule has 1 N–H and O–H groups in total. The van der Waals surface area contributed by atoms with Crippen molar-refractivity contribution < 1.29 is 14.4 Å². The molecule has 0 fully saturated rings. The number of likely N-dealkylation sites (N-methyl/N-ethyl adjacent to an activating group) is 1. The highest BCUT2D eigenvalue weighted by molar-refractivity contribution is 5.91. The van der Waals surface area contributed by atoms with Gasteiger partial charge in [0.2, 0.25) is 11.8 Å². The number of hydrogen-bond donors (Lipinski definition) is 1. The van der Waals surface area contributed by atoms with Crippen LogP contribution in [-0.2, 0) is 14.4 Å². The molecule has 5 nitrogen and oxygen atoms in total. The largest absolute Gasteiger partial charge is 0.335 e. The summed E-state index contributed by atoms with van der Waals surface area (Å²) in [5.74, 6) is 1.74. The summed E-state index contributed by atoms with van der Waals surface area (Å²) in [5.41, 5.74) is 0.371. The number of nitrogens with one attached hydrogen (secondary N) is 1. The second-order valence-corrected chi connectivity index (χ2v) is 8.79. The lowest BCUT2D eigenvalue weighted by Crippen LogP contribution is -2.31. The molecule has 160 valence electrons. The second-order valence-electron chi connectivity index (χ2n) is 8.79. The first kappa shape index (κ1) is 26.1. The Bertz CT molecular complexity index is 580. The van der Waals surface area contributed by atoms with Crippen LogP contribution in [0.3, 0.4) is 0 Å². The molecule has 0 aromatic carbocycles. The van der Waals surface area contributed by atoms with Crippen LogP contribution in [0, 0.1) is 29.6 Å². The minimum Gasteiger partial charge on any atom is -0.335 e. The average Bonchev–Trinajstić information content (AvgIpc) is 2.58. The van der Waals surface area contributed by atoms with Gasteiger partial charge in [-0.25, -0.2) is 0 Å². The molecule has 4 atom stereocenters. The van der Waals surface area contributed by atoms with Gasteiger partial charge in [-0.05, 0) is 49.5 Å². The van der Waals surface area contributed by atoms with E-state index in [2.05, 4.69) is 46.5 Å². The first-order valence-electron chi connectivity index (χ1n) is 10.3. The van der Waals surface area contributed by atoms with Gasteiger partial charge >= 0.3 is 0 Å². The topological polar surface area (TPSA) is 66.5 Å². The van der Waals surface area contributed by atoms with Gasteiger partial charge in [-0.2, -0.15) is 0 Å². The maximum absolute atomic E-state index is 12.4. The van der Waals surface area contributed by atoms with Gasteiger partial charge in [0, 0.05) is 24.7 Å². The van der Waals surface area contributed by atoms with E-state index in [0.29, 0.717) is 29.4 Å². The van der Waals surface area contributed by atoms with E-state index in [1.54, 1.807) is 7.05 Å². The molecular weight excluding hydrogens is 352 g/mol. The van der Waals surface area contributed by atoms with Gasteiger partial charge in [0.25, 0.3) is 0 Å². The lowest BCUT2D eigenvalue weighted by Gasteiger charge is -2.27. The van der Waals surface area contributed by atoms with E-state index >= 15 is 0 Å². The van der Waals surface area contributed by atoms with Crippen LogP contribution >= 0.6 is 0 Å². The van der Waals surface area contributed by atoms with E-state index in [4.69, 9.17) is 0 Å². The number of rotatable bonds is 12. The Morgan fingerprint density at radius 1 is 0.929 bits per heavy atom. The van der Waals surface area contributed by atoms with Gasteiger partial charge < -0.3 is 10.2 Å². The fourth-order valence-corrected chi connectivity index (χ4v) is 3.02. The van der Waals surface area contributed by atoms with E-state index in [9.17, 15) is 14.4 Å². The van der Waals surface area contributed by atoms with E-state index in [1.165, 1.54) is 30.4 Å². The number of amides is 2. The Morgan fingerprint density at radius 2 is 1.46 bits per heavy atom. The number of Topliss-reactive ketones (excluding diaryl/α,β-unsaturated/α-hetero) is 1. The summed E-state index contributed by atoms with van der Waals surface area (Å²) >= 11 is 0. The number of allylic oxidation sites excluding steroid dienone is 1. The van der Waals surface area contributed by atoms with Crippen LogP contribution in [0.5, 0.6) is 0 Å². The monoisotopic (exact) mass is 392 g/mol. The molecule has 0 aromatic rings. The number of carbonyl (C=O) groups is 3. The lowest BCUT2D eigenvalue weighted by molar-refractivity contribution is -0.129. The van der Waals surface area contributed by atoms with Crippen molar-refractivity contribution in [2.75, 3.05) is 13.6 Å². The van der Waals surface area contributed by atoms with Gasteiger partial charge in [0.15, 0.2) is 0 Å². The average molecular weight is 393 g/mol. The third kappa shape index (κ3) is 10.4. The van der Waals surface area contributed by atoms with Crippen LogP contribution in [0.25, 0.3) is 0 Å². The molecule has 5 heteroatoms. The Balaban J connectivity index is 4.52. The SMILES string of the molecule is C=C(/C=C/C(=O)N(C)CC(C)=O)NC(=O)[C@@H](C)C[C@H](C)C(C)CC(C)C(C)C. The van der Waals surface area contributed by atoms with Gasteiger partial charge in [-0.1, -0.05) is 48.1 Å². The van der Waals surface area contributed by atoms with Crippen LogP contribution in [0.1, 0.15) is 61.3 Å². The molecule has 0 saturated carbocycles. The third-order valence-corrected chi connectivity index (χ3v) is 5.57. The van der Waals surface area contributed by atoms with Crippen LogP contribution in [-0.4, -0.2) is 36.1 Å². The molecule has 28 heavy (non-hydrogen) atoms. The third-order valence-electron chi connectivity index (χ3n) is 5.57. The molecule has 2 unspecified atom stereocenters. The molecule has 0 aliphatic rings. The molecule has 0 bridgehead atoms. The van der Waals surface area contributed by atoms with Crippen molar-refractivity contribution in [3.05, 3.63) is 24.4 Å². The van der Waals surface area contributed by atoms with Crippen LogP contribution in [0.15, 0.2) is 24.4 Å². The molecule has 0 rings (SSSR count). The van der Waals surface area contributed by atoms with Gasteiger partial charge in [-0.15, -0.1) is 0 Å². The molecule has 0 radical (unpaired) electrons. The summed E-state index contributed by atoms with van der Waals surface area (Å²) in [7, 11) is 1.56. The molecule has 0 aliphatic heterocycles. The molecule has 2 amide bonds. The molecule has 0 spiro atoms. The number of hydrogen-bond acceptors (Lipinski definition) is 3. The minimum absolute atomic E-state index is 0.0601. The van der Waals surface area contributed by atoms with Gasteiger partial charge in [0.05, 0.1) is 6.54 Å². The van der Waals surface area contributed by atoms with E-state index in [0.717, 1.165) is 6.42 Å². The predicted octanol–water partition coefficient (Wildman–Crippen LogP) is 4.20. The van der Waals surface area contributed by atoms with Crippen molar-refractivity contribution in [3.63, 3.8) is 0 Å². The van der Waals surface area contributed by atoms with Crippen molar-refractivity contribution in [1.29, 1.82) is 0 Å². The zero-order valence-corrected chi connectivity index (χ0v) is 19.0. The summed E-state index contributed by atoms with van der Waals surface area (Å²) in [6.07, 6.45) is 4.77. The summed E-state index contributed by atoms with van der Waals surface area (Å²) < 4.78 is 0. The fourth-order valence-electron chi connectivity index (χ4n) is 3.02. The maximum Gasteiger partial charge on any atom is 0.246 e.